The fourth-order valence-electron chi connectivity index (χ4n) is 0.106. The SMILES string of the molecule is OPCC(O)(O)O. The normalized spacial score (nSPS) is 13.7. The molecule has 1 atom stereocenters. The van der Waals surface area contributed by atoms with E-state index in [0.717, 1.165) is 0 Å². The monoisotopic (exact) mass is 126 g/mol. The third-order valence-electron chi connectivity index (χ3n) is 0.316. The van der Waals surface area contributed by atoms with Gasteiger partial charge in [0.15, 0.2) is 0 Å². The molecule has 0 aliphatic rings. The van der Waals surface area contributed by atoms with Gasteiger partial charge in [0.05, 0.1) is 6.16 Å². The molecule has 5 heteroatoms. The highest BCUT2D eigenvalue weighted by atomic mass is 31.1. The highest BCUT2D eigenvalue weighted by molar-refractivity contribution is 7.31. The molecule has 0 fully saturated rings. The summed E-state index contributed by atoms with van der Waals surface area (Å²) in [7, 11) is -0.641. The maximum absolute atomic E-state index is 7.98. The molecule has 0 aliphatic heterocycles. The van der Waals surface area contributed by atoms with E-state index in [1.165, 1.54) is 0 Å². The minimum absolute atomic E-state index is 0.410. The first kappa shape index (κ1) is 7.27. The zero-order valence-electron chi connectivity index (χ0n) is 3.50. The molecule has 44 valence electrons. The smallest absolute Gasteiger partial charge is 0.281 e. The first-order valence-corrected chi connectivity index (χ1v) is 2.76. The van der Waals surface area contributed by atoms with Crippen molar-refractivity contribution in [2.45, 2.75) is 5.97 Å². The Morgan fingerprint density at radius 3 is 1.71 bits per heavy atom. The van der Waals surface area contributed by atoms with Crippen LogP contribution < -0.4 is 0 Å². The Morgan fingerprint density at radius 2 is 1.71 bits per heavy atom. The lowest BCUT2D eigenvalue weighted by Crippen LogP contribution is -2.29. The Bertz CT molecular complexity index is 48.1. The quantitative estimate of drug-likeness (QED) is 0.260. The summed E-state index contributed by atoms with van der Waals surface area (Å²) in [6.07, 6.45) is -0.410. The van der Waals surface area contributed by atoms with E-state index in [2.05, 4.69) is 0 Å². The second-order valence-electron chi connectivity index (χ2n) is 1.11. The van der Waals surface area contributed by atoms with E-state index in [1.807, 2.05) is 0 Å². The van der Waals surface area contributed by atoms with E-state index < -0.39 is 20.9 Å². The topological polar surface area (TPSA) is 80.9 Å². The van der Waals surface area contributed by atoms with Crippen LogP contribution in [0.1, 0.15) is 0 Å². The Kier molecular flexibility index (Phi) is 2.64. The molecule has 0 radical (unpaired) electrons. The molecule has 0 aromatic heterocycles. The minimum Gasteiger partial charge on any atom is -0.377 e. The van der Waals surface area contributed by atoms with E-state index in [4.69, 9.17) is 20.2 Å². The van der Waals surface area contributed by atoms with E-state index >= 15 is 0 Å². The molecule has 0 bridgehead atoms. The lowest BCUT2D eigenvalue weighted by atomic mass is 10.7. The first-order valence-electron chi connectivity index (χ1n) is 1.60. The first-order chi connectivity index (χ1) is 3.06. The third kappa shape index (κ3) is 6.27. The van der Waals surface area contributed by atoms with Crippen LogP contribution in [-0.2, 0) is 0 Å². The minimum atomic E-state index is -2.69. The average Bonchev–Trinajstić information content (AvgIpc) is 1.30. The Balaban J connectivity index is 3.15. The van der Waals surface area contributed by atoms with Gasteiger partial charge in [-0.3, -0.25) is 0 Å². The van der Waals surface area contributed by atoms with Crippen molar-refractivity contribution in [3.05, 3.63) is 0 Å². The lowest BCUT2D eigenvalue weighted by Gasteiger charge is -2.09. The fourth-order valence-corrected chi connectivity index (χ4v) is 0.318. The van der Waals surface area contributed by atoms with Gasteiger partial charge in [0, 0.05) is 8.81 Å². The van der Waals surface area contributed by atoms with Crippen molar-refractivity contribution in [2.24, 2.45) is 0 Å². The zero-order valence-corrected chi connectivity index (χ0v) is 4.50. The maximum atomic E-state index is 7.98. The highest BCUT2D eigenvalue weighted by Gasteiger charge is 2.15. The highest BCUT2D eigenvalue weighted by Crippen LogP contribution is 2.07. The molecule has 4 N–H and O–H groups in total. The number of hydrogen-bond acceptors (Lipinski definition) is 4. The third-order valence-corrected chi connectivity index (χ3v) is 0.949. The fraction of sp³-hybridized carbons (Fsp3) is 1.00. The van der Waals surface area contributed by atoms with Crippen molar-refractivity contribution in [3.63, 3.8) is 0 Å². The van der Waals surface area contributed by atoms with Crippen LogP contribution in [0.4, 0.5) is 0 Å². The van der Waals surface area contributed by atoms with Crippen molar-refractivity contribution < 1.29 is 20.2 Å². The van der Waals surface area contributed by atoms with Gasteiger partial charge < -0.3 is 20.2 Å². The summed E-state index contributed by atoms with van der Waals surface area (Å²) in [5.74, 6) is -2.69. The van der Waals surface area contributed by atoms with Crippen molar-refractivity contribution in [2.75, 3.05) is 6.16 Å². The van der Waals surface area contributed by atoms with E-state index in [0.29, 0.717) is 0 Å². The number of hydrogen-bond donors (Lipinski definition) is 4. The molecule has 7 heavy (non-hydrogen) atoms. The molecular formula is C2H7O4P. The second kappa shape index (κ2) is 2.55. The average molecular weight is 126 g/mol. The molecule has 0 saturated heterocycles. The van der Waals surface area contributed by atoms with Gasteiger partial charge in [0.2, 0.25) is 0 Å². The second-order valence-corrected chi connectivity index (χ2v) is 1.78. The maximum Gasteiger partial charge on any atom is 0.281 e. The predicted molar refractivity (Wildman–Crippen MR) is 24.8 cm³/mol. The lowest BCUT2D eigenvalue weighted by molar-refractivity contribution is -0.294. The molecule has 1 unspecified atom stereocenters. The molecule has 0 aliphatic carbocycles. The van der Waals surface area contributed by atoms with Gasteiger partial charge in [0.25, 0.3) is 5.97 Å². The van der Waals surface area contributed by atoms with Crippen LogP contribution in [0.3, 0.4) is 0 Å². The van der Waals surface area contributed by atoms with Gasteiger partial charge in [-0.25, -0.2) is 0 Å². The summed E-state index contributed by atoms with van der Waals surface area (Å²) in [6.45, 7) is 0. The summed E-state index contributed by atoms with van der Waals surface area (Å²) in [4.78, 5) is 7.95. The Labute approximate surface area is 42.3 Å². The summed E-state index contributed by atoms with van der Waals surface area (Å²) >= 11 is 0. The number of rotatable bonds is 2. The van der Waals surface area contributed by atoms with Crippen LogP contribution in [-0.4, -0.2) is 32.3 Å². The van der Waals surface area contributed by atoms with Crippen molar-refractivity contribution in [1.29, 1.82) is 0 Å². The van der Waals surface area contributed by atoms with Crippen molar-refractivity contribution >= 4 is 8.81 Å². The Hall–Kier alpha value is 0.270. The predicted octanol–water partition coefficient (Wildman–Crippen LogP) is -1.80. The van der Waals surface area contributed by atoms with Crippen LogP contribution in [0.15, 0.2) is 0 Å². The summed E-state index contributed by atoms with van der Waals surface area (Å²) in [6, 6.07) is 0. The molecule has 0 aromatic rings. The summed E-state index contributed by atoms with van der Waals surface area (Å²) in [5, 5.41) is 23.9. The van der Waals surface area contributed by atoms with Crippen LogP contribution in [0.2, 0.25) is 0 Å². The van der Waals surface area contributed by atoms with Gasteiger partial charge in [0.1, 0.15) is 0 Å². The van der Waals surface area contributed by atoms with Gasteiger partial charge in [-0.1, -0.05) is 0 Å². The van der Waals surface area contributed by atoms with Crippen LogP contribution in [0.5, 0.6) is 0 Å². The molecule has 0 aromatic carbocycles. The number of aliphatic hydroxyl groups is 3. The van der Waals surface area contributed by atoms with Crippen LogP contribution >= 0.6 is 8.81 Å². The van der Waals surface area contributed by atoms with E-state index in [1.54, 1.807) is 0 Å². The Morgan fingerprint density at radius 1 is 1.29 bits per heavy atom. The van der Waals surface area contributed by atoms with Gasteiger partial charge in [-0.05, 0) is 0 Å². The molecule has 0 rings (SSSR count). The van der Waals surface area contributed by atoms with Gasteiger partial charge in [-0.2, -0.15) is 0 Å². The molecule has 4 nitrogen and oxygen atoms in total. The van der Waals surface area contributed by atoms with E-state index in [-0.39, 0.29) is 0 Å². The van der Waals surface area contributed by atoms with E-state index in [9.17, 15) is 0 Å². The van der Waals surface area contributed by atoms with Gasteiger partial charge in [-0.15, -0.1) is 0 Å². The standard InChI is InChI=1S/C2H7O4P/c3-2(4,5)1-7-6/h3-7H,1H2. The molecular weight excluding hydrogens is 119 g/mol. The van der Waals surface area contributed by atoms with Crippen LogP contribution in [0, 0.1) is 0 Å². The van der Waals surface area contributed by atoms with Crippen LogP contribution in [0.25, 0.3) is 0 Å². The summed E-state index contributed by atoms with van der Waals surface area (Å²) < 4.78 is 0. The van der Waals surface area contributed by atoms with Crippen molar-refractivity contribution in [3.8, 4) is 0 Å². The molecule has 0 heterocycles. The van der Waals surface area contributed by atoms with Crippen molar-refractivity contribution in [1.82, 2.24) is 0 Å². The molecule has 0 spiro atoms. The molecule has 0 saturated carbocycles. The largest absolute Gasteiger partial charge is 0.377 e. The zero-order chi connectivity index (χ0) is 5.91. The van der Waals surface area contributed by atoms with Gasteiger partial charge >= 0.3 is 0 Å². The molecule has 0 amide bonds. The summed E-state index contributed by atoms with van der Waals surface area (Å²) in [5.41, 5.74) is 0.